The molecule has 2 nitrogen and oxygen atoms in total. The number of halogens is 1. The monoisotopic (exact) mass is 186 g/mol. The Bertz CT molecular complexity index is 269. The molecule has 0 aliphatic heterocycles. The Kier molecular flexibility index (Phi) is 4.67. The first-order valence-corrected chi connectivity index (χ1v) is 4.09. The molecule has 4 heteroatoms. The van der Waals surface area contributed by atoms with Gasteiger partial charge in [0.2, 0.25) is 5.39 Å². The van der Waals surface area contributed by atoms with Gasteiger partial charge in [-0.05, 0) is 12.3 Å². The molecule has 1 aromatic rings. The van der Waals surface area contributed by atoms with Crippen LogP contribution in [0.4, 0.5) is 5.69 Å². The second-order valence-electron chi connectivity index (χ2n) is 1.77. The summed E-state index contributed by atoms with van der Waals surface area (Å²) in [5.74, 6) is 0. The standard InChI is InChI=1S/C7H7N2S.ClH/c1-10-7-5-3-2-4-6(7)9-8;/h2-5H,1H3;1H/q+1;/p-1. The molecule has 0 amide bonds. The van der Waals surface area contributed by atoms with Crippen molar-refractivity contribution >= 4 is 17.4 Å². The highest BCUT2D eigenvalue weighted by Crippen LogP contribution is 2.26. The maximum atomic E-state index is 8.46. The lowest BCUT2D eigenvalue weighted by molar-refractivity contribution is -0.00000227. The summed E-state index contributed by atoms with van der Waals surface area (Å²) in [7, 11) is 0. The van der Waals surface area contributed by atoms with Gasteiger partial charge in [-0.15, -0.1) is 11.8 Å². The number of hydrogen-bond acceptors (Lipinski definition) is 2. The Balaban J connectivity index is 0.000001000. The van der Waals surface area contributed by atoms with Gasteiger partial charge < -0.3 is 12.4 Å². The molecule has 0 N–H and O–H groups in total. The van der Waals surface area contributed by atoms with E-state index >= 15 is 0 Å². The van der Waals surface area contributed by atoms with Gasteiger partial charge in [-0.1, -0.05) is 12.1 Å². The molecule has 0 aromatic heterocycles. The van der Waals surface area contributed by atoms with Crippen LogP contribution in [-0.2, 0) is 0 Å². The van der Waals surface area contributed by atoms with E-state index in [2.05, 4.69) is 4.98 Å². The summed E-state index contributed by atoms with van der Waals surface area (Å²) in [6, 6.07) is 7.45. The smallest absolute Gasteiger partial charge is 0.398 e. The van der Waals surface area contributed by atoms with Crippen molar-refractivity contribution in [2.24, 2.45) is 0 Å². The molecule has 0 saturated heterocycles. The van der Waals surface area contributed by atoms with Gasteiger partial charge in [0.05, 0.1) is 0 Å². The molecular formula is C7H7ClN2S. The average molecular weight is 187 g/mol. The van der Waals surface area contributed by atoms with Gasteiger partial charge >= 0.3 is 5.69 Å². The third-order valence-electron chi connectivity index (χ3n) is 1.19. The van der Waals surface area contributed by atoms with Gasteiger partial charge in [0.25, 0.3) is 0 Å². The number of thioether (sulfide) groups is 1. The number of nitrogens with zero attached hydrogens (tertiary/aromatic N) is 2. The topological polar surface area (TPSA) is 28.1 Å². The molecule has 0 saturated carbocycles. The summed E-state index contributed by atoms with van der Waals surface area (Å²) >= 11 is 1.57. The molecule has 0 radical (unpaired) electrons. The van der Waals surface area contributed by atoms with Crippen LogP contribution < -0.4 is 12.4 Å². The molecule has 0 heterocycles. The predicted octanol–water partition coefficient (Wildman–Crippen LogP) is -0.103. The molecule has 0 aliphatic carbocycles. The predicted molar refractivity (Wildman–Crippen MR) is 43.0 cm³/mol. The van der Waals surface area contributed by atoms with Crippen molar-refractivity contribution < 1.29 is 12.4 Å². The van der Waals surface area contributed by atoms with E-state index < -0.39 is 0 Å². The fourth-order valence-corrected chi connectivity index (χ4v) is 1.25. The first-order chi connectivity index (χ1) is 4.88. The van der Waals surface area contributed by atoms with Gasteiger partial charge in [-0.2, -0.15) is 0 Å². The molecule has 1 aromatic carbocycles. The fourth-order valence-electron chi connectivity index (χ4n) is 0.712. The van der Waals surface area contributed by atoms with Crippen LogP contribution in [0.15, 0.2) is 29.2 Å². The van der Waals surface area contributed by atoms with Crippen LogP contribution in [-0.4, -0.2) is 6.26 Å². The SMILES string of the molecule is CSc1ccccc1[N+]#N.[Cl-]. The molecule has 58 valence electrons. The highest BCUT2D eigenvalue weighted by atomic mass is 35.5. The molecule has 0 atom stereocenters. The minimum atomic E-state index is 0. The molecule has 0 fully saturated rings. The Hall–Kier alpha value is -0.720. The van der Waals surface area contributed by atoms with Gasteiger partial charge in [-0.3, -0.25) is 0 Å². The Morgan fingerprint density at radius 1 is 1.36 bits per heavy atom. The van der Waals surface area contributed by atoms with Gasteiger partial charge in [0, 0.05) is 6.07 Å². The largest absolute Gasteiger partial charge is 1.00 e. The summed E-state index contributed by atoms with van der Waals surface area (Å²) in [6.45, 7) is 0. The normalized spacial score (nSPS) is 8.00. The molecule has 11 heavy (non-hydrogen) atoms. The van der Waals surface area contributed by atoms with Crippen LogP contribution in [0.3, 0.4) is 0 Å². The lowest BCUT2D eigenvalue weighted by Gasteiger charge is -1.86. The highest BCUT2D eigenvalue weighted by molar-refractivity contribution is 7.98. The summed E-state index contributed by atoms with van der Waals surface area (Å²) in [5.41, 5.74) is 0.634. The van der Waals surface area contributed by atoms with E-state index in [0.29, 0.717) is 5.69 Å². The Morgan fingerprint density at radius 2 is 2.00 bits per heavy atom. The minimum absolute atomic E-state index is 0. The van der Waals surface area contributed by atoms with Crippen LogP contribution in [0.2, 0.25) is 0 Å². The number of diazo groups is 1. The van der Waals surface area contributed by atoms with Crippen molar-refractivity contribution in [1.82, 2.24) is 0 Å². The third-order valence-corrected chi connectivity index (χ3v) is 1.98. The Morgan fingerprint density at radius 3 is 2.45 bits per heavy atom. The minimum Gasteiger partial charge on any atom is -1.00 e. The van der Waals surface area contributed by atoms with E-state index in [1.165, 1.54) is 0 Å². The van der Waals surface area contributed by atoms with Crippen molar-refractivity contribution in [2.45, 2.75) is 4.90 Å². The van der Waals surface area contributed by atoms with E-state index in [4.69, 9.17) is 5.39 Å². The van der Waals surface area contributed by atoms with Crippen molar-refractivity contribution in [3.63, 3.8) is 0 Å². The zero-order valence-electron chi connectivity index (χ0n) is 5.99. The summed E-state index contributed by atoms with van der Waals surface area (Å²) in [4.78, 5) is 4.11. The summed E-state index contributed by atoms with van der Waals surface area (Å²) < 4.78 is 0. The van der Waals surface area contributed by atoms with E-state index in [0.717, 1.165) is 4.90 Å². The van der Waals surface area contributed by atoms with Crippen LogP contribution in [0.1, 0.15) is 0 Å². The van der Waals surface area contributed by atoms with Crippen LogP contribution in [0, 0.1) is 5.39 Å². The fraction of sp³-hybridized carbons (Fsp3) is 0.143. The van der Waals surface area contributed by atoms with Crippen LogP contribution in [0.25, 0.3) is 4.98 Å². The maximum Gasteiger partial charge on any atom is 0.398 e. The summed E-state index contributed by atoms with van der Waals surface area (Å²) in [6.07, 6.45) is 1.95. The van der Waals surface area contributed by atoms with Crippen molar-refractivity contribution in [3.05, 3.63) is 29.2 Å². The number of rotatable bonds is 1. The molecule has 0 aliphatic rings. The first-order valence-electron chi connectivity index (χ1n) is 2.86. The van der Waals surface area contributed by atoms with Crippen LogP contribution in [0.5, 0.6) is 0 Å². The van der Waals surface area contributed by atoms with E-state index in [1.54, 1.807) is 17.8 Å². The molecule has 0 spiro atoms. The molecular weight excluding hydrogens is 180 g/mol. The van der Waals surface area contributed by atoms with Gasteiger partial charge in [-0.25, -0.2) is 0 Å². The summed E-state index contributed by atoms with van der Waals surface area (Å²) in [5, 5.41) is 8.46. The average Bonchev–Trinajstić information content (AvgIpc) is 2.04. The maximum absolute atomic E-state index is 8.46. The zero-order chi connectivity index (χ0) is 7.40. The van der Waals surface area contributed by atoms with E-state index in [1.807, 2.05) is 24.5 Å². The van der Waals surface area contributed by atoms with Crippen molar-refractivity contribution in [2.75, 3.05) is 6.26 Å². The van der Waals surface area contributed by atoms with Crippen molar-refractivity contribution in [1.29, 1.82) is 5.39 Å². The van der Waals surface area contributed by atoms with Gasteiger partial charge in [0.1, 0.15) is 4.90 Å². The molecule has 0 bridgehead atoms. The first kappa shape index (κ1) is 10.3. The number of benzene rings is 1. The zero-order valence-corrected chi connectivity index (χ0v) is 7.56. The second-order valence-corrected chi connectivity index (χ2v) is 2.62. The molecule has 1 rings (SSSR count). The second kappa shape index (κ2) is 5.00. The Labute approximate surface area is 76.0 Å². The molecule has 0 unspecified atom stereocenters. The van der Waals surface area contributed by atoms with E-state index in [9.17, 15) is 0 Å². The van der Waals surface area contributed by atoms with E-state index in [-0.39, 0.29) is 12.4 Å². The number of hydrogen-bond donors (Lipinski definition) is 0. The van der Waals surface area contributed by atoms with Crippen molar-refractivity contribution in [3.8, 4) is 0 Å². The lowest BCUT2D eigenvalue weighted by Crippen LogP contribution is -3.00. The van der Waals surface area contributed by atoms with Crippen LogP contribution >= 0.6 is 11.8 Å². The third kappa shape index (κ3) is 2.41. The quantitative estimate of drug-likeness (QED) is 0.453. The highest BCUT2D eigenvalue weighted by Gasteiger charge is 2.09. The lowest BCUT2D eigenvalue weighted by atomic mass is 10.3. The van der Waals surface area contributed by atoms with Gasteiger partial charge in [0.15, 0.2) is 4.98 Å².